The van der Waals surface area contributed by atoms with E-state index in [4.69, 9.17) is 0 Å². The van der Waals surface area contributed by atoms with E-state index in [0.717, 1.165) is 35.2 Å². The molecule has 29 heavy (non-hydrogen) atoms. The molecule has 146 valence electrons. The Bertz CT molecular complexity index is 1030. The number of hydrogen-bond acceptors (Lipinski definition) is 3. The van der Waals surface area contributed by atoms with Gasteiger partial charge in [0, 0.05) is 37.2 Å². The number of aryl methyl sites for hydroxylation is 1. The van der Waals surface area contributed by atoms with Gasteiger partial charge in [-0.25, -0.2) is 4.79 Å². The highest BCUT2D eigenvalue weighted by Crippen LogP contribution is 2.30. The molecule has 0 bridgehead atoms. The Balaban J connectivity index is 1.52. The minimum Gasteiger partial charge on any atom is -0.341 e. The highest BCUT2D eigenvalue weighted by Gasteiger charge is 2.22. The van der Waals surface area contributed by atoms with Crippen LogP contribution in [0.5, 0.6) is 0 Å². The Morgan fingerprint density at radius 2 is 1.86 bits per heavy atom. The van der Waals surface area contributed by atoms with Gasteiger partial charge in [0.2, 0.25) is 0 Å². The Hall–Kier alpha value is -3.67. The first kappa shape index (κ1) is 18.7. The zero-order valence-corrected chi connectivity index (χ0v) is 16.2. The molecule has 0 saturated carbocycles. The zero-order chi connectivity index (χ0) is 20.2. The Morgan fingerprint density at radius 3 is 2.59 bits per heavy atom. The number of anilines is 2. The summed E-state index contributed by atoms with van der Waals surface area (Å²) in [7, 11) is 1.62. The fourth-order valence-electron chi connectivity index (χ4n) is 3.55. The van der Waals surface area contributed by atoms with Crippen LogP contribution in [0.2, 0.25) is 0 Å². The number of aromatic nitrogens is 1. The van der Waals surface area contributed by atoms with Crippen LogP contribution in [0.4, 0.5) is 16.2 Å². The van der Waals surface area contributed by atoms with Crippen molar-refractivity contribution in [2.75, 3.05) is 23.8 Å². The first-order valence-electron chi connectivity index (χ1n) is 9.60. The van der Waals surface area contributed by atoms with Gasteiger partial charge in [-0.1, -0.05) is 24.3 Å². The molecule has 0 aliphatic carbocycles. The van der Waals surface area contributed by atoms with Crippen molar-refractivity contribution in [2.45, 2.75) is 12.8 Å². The summed E-state index contributed by atoms with van der Waals surface area (Å²) in [4.78, 5) is 30.7. The van der Waals surface area contributed by atoms with Crippen molar-refractivity contribution in [3.05, 3.63) is 78.1 Å². The molecular weight excluding hydrogens is 364 g/mol. The second kappa shape index (κ2) is 8.14. The highest BCUT2D eigenvalue weighted by molar-refractivity contribution is 6.05. The van der Waals surface area contributed by atoms with Crippen molar-refractivity contribution < 1.29 is 9.59 Å². The molecule has 2 heterocycles. The summed E-state index contributed by atoms with van der Waals surface area (Å²) in [6, 6.07) is 16.9. The van der Waals surface area contributed by atoms with Crippen molar-refractivity contribution in [1.29, 1.82) is 0 Å². The molecule has 1 aliphatic heterocycles. The number of hydrogen-bond donors (Lipinski definition) is 2. The number of rotatable bonds is 3. The van der Waals surface area contributed by atoms with Crippen molar-refractivity contribution >= 4 is 23.3 Å². The van der Waals surface area contributed by atoms with E-state index in [-0.39, 0.29) is 11.9 Å². The summed E-state index contributed by atoms with van der Waals surface area (Å²) in [6.45, 7) is 0.667. The minimum atomic E-state index is -0.190. The van der Waals surface area contributed by atoms with Gasteiger partial charge >= 0.3 is 6.03 Å². The molecule has 0 saturated heterocycles. The lowest BCUT2D eigenvalue weighted by atomic mass is 10.0. The molecular formula is C23H22N4O2. The maximum absolute atomic E-state index is 12.7. The Labute approximate surface area is 169 Å². The van der Waals surface area contributed by atoms with Crippen LogP contribution < -0.4 is 15.5 Å². The summed E-state index contributed by atoms with van der Waals surface area (Å²) in [5.74, 6) is -0.190. The van der Waals surface area contributed by atoms with E-state index in [1.165, 1.54) is 0 Å². The quantitative estimate of drug-likeness (QED) is 0.712. The van der Waals surface area contributed by atoms with Crippen LogP contribution in [0.15, 0.2) is 67.0 Å². The Kier molecular flexibility index (Phi) is 5.24. The number of urea groups is 1. The van der Waals surface area contributed by atoms with Crippen molar-refractivity contribution in [3.63, 3.8) is 0 Å². The second-order valence-corrected chi connectivity index (χ2v) is 6.93. The average molecular weight is 386 g/mol. The molecule has 3 aromatic rings. The summed E-state index contributed by atoms with van der Waals surface area (Å²) < 4.78 is 0. The number of fused-ring (bicyclic) bond motifs is 1. The summed E-state index contributed by atoms with van der Waals surface area (Å²) in [5.41, 5.74) is 5.20. The molecule has 4 rings (SSSR count). The number of pyridine rings is 1. The van der Waals surface area contributed by atoms with Crippen LogP contribution >= 0.6 is 0 Å². The van der Waals surface area contributed by atoms with Gasteiger partial charge in [-0.15, -0.1) is 0 Å². The van der Waals surface area contributed by atoms with Crippen LogP contribution in [-0.4, -0.2) is 30.5 Å². The van der Waals surface area contributed by atoms with E-state index in [1.807, 2.05) is 42.5 Å². The fourth-order valence-corrected chi connectivity index (χ4v) is 3.55. The van der Waals surface area contributed by atoms with E-state index in [0.29, 0.717) is 17.8 Å². The average Bonchev–Trinajstić information content (AvgIpc) is 2.78. The molecule has 6 nitrogen and oxygen atoms in total. The second-order valence-electron chi connectivity index (χ2n) is 6.93. The monoisotopic (exact) mass is 386 g/mol. The van der Waals surface area contributed by atoms with Crippen molar-refractivity contribution in [1.82, 2.24) is 10.3 Å². The number of nitrogens with one attached hydrogen (secondary N) is 2. The minimum absolute atomic E-state index is 0.139. The number of amides is 3. The molecule has 3 amide bonds. The summed E-state index contributed by atoms with van der Waals surface area (Å²) >= 11 is 0. The topological polar surface area (TPSA) is 74.3 Å². The number of benzene rings is 2. The molecule has 0 unspecified atom stereocenters. The van der Waals surface area contributed by atoms with Gasteiger partial charge in [-0.3, -0.25) is 14.7 Å². The maximum Gasteiger partial charge on any atom is 0.321 e. The number of nitrogens with zero attached hydrogens (tertiary/aromatic N) is 2. The highest BCUT2D eigenvalue weighted by atomic mass is 16.2. The van der Waals surface area contributed by atoms with E-state index in [1.54, 1.807) is 36.5 Å². The van der Waals surface area contributed by atoms with Crippen molar-refractivity contribution in [3.8, 4) is 11.1 Å². The molecule has 2 aromatic carbocycles. The smallest absolute Gasteiger partial charge is 0.321 e. The zero-order valence-electron chi connectivity index (χ0n) is 16.2. The summed E-state index contributed by atoms with van der Waals surface area (Å²) in [5, 5.41) is 5.61. The van der Waals surface area contributed by atoms with Crippen LogP contribution in [0, 0.1) is 0 Å². The van der Waals surface area contributed by atoms with Crippen LogP contribution in [-0.2, 0) is 6.42 Å². The largest absolute Gasteiger partial charge is 0.341 e. The summed E-state index contributed by atoms with van der Waals surface area (Å²) in [6.07, 6.45) is 5.37. The molecule has 6 heteroatoms. The van der Waals surface area contributed by atoms with E-state index < -0.39 is 0 Å². The third-order valence-corrected chi connectivity index (χ3v) is 5.06. The molecule has 0 atom stereocenters. The molecule has 0 spiro atoms. The Morgan fingerprint density at radius 1 is 1.03 bits per heavy atom. The first-order chi connectivity index (χ1) is 14.2. The van der Waals surface area contributed by atoms with Gasteiger partial charge in [0.05, 0.1) is 5.69 Å². The van der Waals surface area contributed by atoms with Gasteiger partial charge in [0.25, 0.3) is 5.91 Å². The van der Waals surface area contributed by atoms with E-state index >= 15 is 0 Å². The lowest BCUT2D eigenvalue weighted by Gasteiger charge is -2.29. The van der Waals surface area contributed by atoms with Gasteiger partial charge in [0.15, 0.2) is 0 Å². The third kappa shape index (κ3) is 3.96. The van der Waals surface area contributed by atoms with Crippen LogP contribution in [0.3, 0.4) is 0 Å². The molecule has 0 radical (unpaired) electrons. The standard InChI is InChI=1S/C23H22N4O2/c1-24-23(29)27-13-3-5-17-10-11-20(14-21(17)27)26-22(28)18-8-6-16(7-9-18)19-4-2-12-25-15-19/h2,4,6-12,14-15H,3,5,13H2,1H3,(H,24,29)(H,26,28). The molecule has 1 aromatic heterocycles. The van der Waals surface area contributed by atoms with Gasteiger partial charge < -0.3 is 10.6 Å². The number of carbonyl (C=O) groups is 2. The third-order valence-electron chi connectivity index (χ3n) is 5.06. The number of carbonyl (C=O) groups excluding carboxylic acids is 2. The van der Waals surface area contributed by atoms with E-state index in [2.05, 4.69) is 15.6 Å². The predicted molar refractivity (Wildman–Crippen MR) is 114 cm³/mol. The fraction of sp³-hybridized carbons (Fsp3) is 0.174. The van der Waals surface area contributed by atoms with Crippen LogP contribution in [0.1, 0.15) is 22.3 Å². The maximum atomic E-state index is 12.7. The normalized spacial score (nSPS) is 12.8. The van der Waals surface area contributed by atoms with E-state index in [9.17, 15) is 9.59 Å². The lowest BCUT2D eigenvalue weighted by Crippen LogP contribution is -2.41. The van der Waals surface area contributed by atoms with Gasteiger partial charge in [-0.05, 0) is 59.9 Å². The van der Waals surface area contributed by atoms with Crippen LogP contribution in [0.25, 0.3) is 11.1 Å². The van der Waals surface area contributed by atoms with Gasteiger partial charge in [-0.2, -0.15) is 0 Å². The lowest BCUT2D eigenvalue weighted by molar-refractivity contribution is 0.102. The SMILES string of the molecule is CNC(=O)N1CCCc2ccc(NC(=O)c3ccc(-c4cccnc4)cc3)cc21. The molecule has 0 fully saturated rings. The van der Waals surface area contributed by atoms with Gasteiger partial charge in [0.1, 0.15) is 0 Å². The van der Waals surface area contributed by atoms with Crippen molar-refractivity contribution in [2.24, 2.45) is 0 Å². The molecule has 2 N–H and O–H groups in total. The predicted octanol–water partition coefficient (Wildman–Crippen LogP) is 4.09. The molecule has 1 aliphatic rings. The first-order valence-corrected chi connectivity index (χ1v) is 9.60.